The number of piperidine rings is 1. The molecule has 1 fully saturated rings. The van der Waals surface area contributed by atoms with Gasteiger partial charge in [-0.15, -0.1) is 0 Å². The molecule has 2 aliphatic rings. The standard InChI is InChI=1S/C25H30N6/c1-19-23-9-6-14-31(18-22-8-3-5-13-27-22)25(23)29-24(28-19)20-10-15-30(16-11-20)17-21-7-2-4-12-26-21/h2-5,7-8,12-13,20H,6,9-11,14-18H2,1H3. The Bertz CT molecular complexity index is 999. The van der Waals surface area contributed by atoms with E-state index in [0.717, 1.165) is 87.1 Å². The number of hydrogen-bond acceptors (Lipinski definition) is 6. The van der Waals surface area contributed by atoms with Gasteiger partial charge in [-0.05, 0) is 70.0 Å². The molecule has 5 rings (SSSR count). The van der Waals surface area contributed by atoms with Crippen molar-refractivity contribution < 1.29 is 0 Å². The number of aryl methyl sites for hydroxylation is 1. The van der Waals surface area contributed by atoms with Gasteiger partial charge in [-0.3, -0.25) is 14.9 Å². The average molecular weight is 415 g/mol. The average Bonchev–Trinajstić information content (AvgIpc) is 2.81. The third kappa shape index (κ3) is 4.59. The van der Waals surface area contributed by atoms with Crippen LogP contribution in [0, 0.1) is 6.92 Å². The molecule has 0 amide bonds. The lowest BCUT2D eigenvalue weighted by molar-refractivity contribution is 0.199. The van der Waals surface area contributed by atoms with Crippen molar-refractivity contribution in [2.75, 3.05) is 24.5 Å². The van der Waals surface area contributed by atoms with Crippen LogP contribution in [0.2, 0.25) is 0 Å². The number of aromatic nitrogens is 4. The minimum absolute atomic E-state index is 0.433. The van der Waals surface area contributed by atoms with E-state index in [1.165, 1.54) is 5.56 Å². The van der Waals surface area contributed by atoms with Crippen LogP contribution >= 0.6 is 0 Å². The van der Waals surface area contributed by atoms with Gasteiger partial charge in [0.05, 0.1) is 17.9 Å². The molecule has 0 N–H and O–H groups in total. The van der Waals surface area contributed by atoms with Crippen molar-refractivity contribution in [3.05, 3.63) is 77.3 Å². The molecule has 0 aromatic carbocycles. The molecule has 0 radical (unpaired) electrons. The van der Waals surface area contributed by atoms with Gasteiger partial charge in [-0.25, -0.2) is 9.97 Å². The highest BCUT2D eigenvalue weighted by molar-refractivity contribution is 5.51. The van der Waals surface area contributed by atoms with Crippen LogP contribution in [0.5, 0.6) is 0 Å². The van der Waals surface area contributed by atoms with Gasteiger partial charge in [0, 0.05) is 42.7 Å². The summed E-state index contributed by atoms with van der Waals surface area (Å²) in [6.07, 6.45) is 8.17. The summed E-state index contributed by atoms with van der Waals surface area (Å²) in [5, 5.41) is 0. The molecule has 0 bridgehead atoms. The van der Waals surface area contributed by atoms with E-state index in [2.05, 4.69) is 51.0 Å². The van der Waals surface area contributed by atoms with Crippen molar-refractivity contribution in [1.29, 1.82) is 0 Å². The van der Waals surface area contributed by atoms with Crippen molar-refractivity contribution in [1.82, 2.24) is 24.8 Å². The Hall–Kier alpha value is -2.86. The first kappa shape index (κ1) is 20.1. The van der Waals surface area contributed by atoms with Crippen LogP contribution in [0.1, 0.15) is 53.7 Å². The summed E-state index contributed by atoms with van der Waals surface area (Å²) in [4.78, 5) is 24.0. The first-order valence-electron chi connectivity index (χ1n) is 11.4. The predicted octanol–water partition coefficient (Wildman–Crippen LogP) is 3.91. The smallest absolute Gasteiger partial charge is 0.136 e. The van der Waals surface area contributed by atoms with E-state index >= 15 is 0 Å². The highest BCUT2D eigenvalue weighted by atomic mass is 15.2. The first-order valence-corrected chi connectivity index (χ1v) is 11.4. The van der Waals surface area contributed by atoms with Crippen molar-refractivity contribution in [3.8, 4) is 0 Å². The number of likely N-dealkylation sites (tertiary alicyclic amines) is 1. The highest BCUT2D eigenvalue weighted by Gasteiger charge is 2.27. The summed E-state index contributed by atoms with van der Waals surface area (Å²) >= 11 is 0. The predicted molar refractivity (Wildman–Crippen MR) is 122 cm³/mol. The largest absolute Gasteiger partial charge is 0.350 e. The van der Waals surface area contributed by atoms with E-state index in [-0.39, 0.29) is 0 Å². The van der Waals surface area contributed by atoms with Gasteiger partial charge in [0.15, 0.2) is 0 Å². The zero-order chi connectivity index (χ0) is 21.0. The number of fused-ring (bicyclic) bond motifs is 1. The molecular formula is C25H30N6. The molecule has 31 heavy (non-hydrogen) atoms. The van der Waals surface area contributed by atoms with Gasteiger partial charge in [0.2, 0.25) is 0 Å². The Morgan fingerprint density at radius 3 is 2.26 bits per heavy atom. The third-order valence-electron chi connectivity index (χ3n) is 6.51. The minimum atomic E-state index is 0.433. The summed E-state index contributed by atoms with van der Waals surface area (Å²) in [6, 6.07) is 12.3. The molecule has 0 atom stereocenters. The van der Waals surface area contributed by atoms with E-state index in [9.17, 15) is 0 Å². The maximum atomic E-state index is 5.14. The Morgan fingerprint density at radius 2 is 1.58 bits per heavy atom. The third-order valence-corrected chi connectivity index (χ3v) is 6.51. The monoisotopic (exact) mass is 414 g/mol. The first-order chi connectivity index (χ1) is 15.3. The Kier molecular flexibility index (Phi) is 5.89. The van der Waals surface area contributed by atoms with Gasteiger partial charge in [-0.1, -0.05) is 12.1 Å². The molecule has 2 aliphatic heterocycles. The fourth-order valence-corrected chi connectivity index (χ4v) is 4.80. The van der Waals surface area contributed by atoms with Gasteiger partial charge < -0.3 is 4.90 Å². The molecule has 0 aliphatic carbocycles. The molecule has 1 saturated heterocycles. The number of hydrogen-bond donors (Lipinski definition) is 0. The summed E-state index contributed by atoms with van der Waals surface area (Å²) in [7, 11) is 0. The molecule has 5 heterocycles. The lowest BCUT2D eigenvalue weighted by Gasteiger charge is -2.34. The minimum Gasteiger partial charge on any atom is -0.350 e. The number of rotatable bonds is 5. The second kappa shape index (κ2) is 9.10. The van der Waals surface area contributed by atoms with Crippen LogP contribution < -0.4 is 4.90 Å². The van der Waals surface area contributed by atoms with Crippen molar-refractivity contribution >= 4 is 5.82 Å². The van der Waals surface area contributed by atoms with Crippen LogP contribution in [0.15, 0.2) is 48.8 Å². The Balaban J connectivity index is 1.30. The van der Waals surface area contributed by atoms with Gasteiger partial charge in [0.1, 0.15) is 11.6 Å². The quantitative estimate of drug-likeness (QED) is 0.631. The number of anilines is 1. The zero-order valence-corrected chi connectivity index (χ0v) is 18.2. The molecule has 3 aromatic heterocycles. The second-order valence-electron chi connectivity index (χ2n) is 8.69. The number of nitrogens with zero attached hydrogens (tertiary/aromatic N) is 6. The van der Waals surface area contributed by atoms with Crippen LogP contribution in [0.25, 0.3) is 0 Å². The molecule has 0 spiro atoms. The Labute approximate surface area is 184 Å². The fraction of sp³-hybridized carbons (Fsp3) is 0.440. The van der Waals surface area contributed by atoms with Crippen molar-refractivity contribution in [2.24, 2.45) is 0 Å². The van der Waals surface area contributed by atoms with Gasteiger partial charge in [0.25, 0.3) is 0 Å². The maximum absolute atomic E-state index is 5.14. The summed E-state index contributed by atoms with van der Waals surface area (Å²) in [5.41, 5.74) is 4.71. The lowest BCUT2D eigenvalue weighted by atomic mass is 9.94. The van der Waals surface area contributed by atoms with Crippen LogP contribution in [-0.2, 0) is 19.5 Å². The maximum Gasteiger partial charge on any atom is 0.136 e. The van der Waals surface area contributed by atoms with Gasteiger partial charge >= 0.3 is 0 Å². The van der Waals surface area contributed by atoms with Crippen LogP contribution in [0.3, 0.4) is 0 Å². The van der Waals surface area contributed by atoms with Gasteiger partial charge in [-0.2, -0.15) is 0 Å². The molecule has 6 heteroatoms. The molecule has 6 nitrogen and oxygen atoms in total. The van der Waals surface area contributed by atoms with E-state index in [1.807, 2.05) is 24.5 Å². The molecule has 0 unspecified atom stereocenters. The molecular weight excluding hydrogens is 384 g/mol. The lowest BCUT2D eigenvalue weighted by Crippen LogP contribution is -2.34. The zero-order valence-electron chi connectivity index (χ0n) is 18.2. The fourth-order valence-electron chi connectivity index (χ4n) is 4.80. The van der Waals surface area contributed by atoms with E-state index < -0.39 is 0 Å². The molecule has 0 saturated carbocycles. The molecule has 3 aromatic rings. The normalized spacial score (nSPS) is 17.5. The topological polar surface area (TPSA) is 58.0 Å². The number of pyridine rings is 2. The van der Waals surface area contributed by atoms with Crippen molar-refractivity contribution in [2.45, 2.75) is 51.6 Å². The second-order valence-corrected chi connectivity index (χ2v) is 8.69. The van der Waals surface area contributed by atoms with E-state index in [0.29, 0.717) is 5.92 Å². The highest BCUT2D eigenvalue weighted by Crippen LogP contribution is 2.33. The van der Waals surface area contributed by atoms with Crippen molar-refractivity contribution in [3.63, 3.8) is 0 Å². The summed E-state index contributed by atoms with van der Waals surface area (Å²) in [5.74, 6) is 2.60. The van der Waals surface area contributed by atoms with Crippen LogP contribution in [0.4, 0.5) is 5.82 Å². The van der Waals surface area contributed by atoms with Crippen LogP contribution in [-0.4, -0.2) is 44.5 Å². The van der Waals surface area contributed by atoms with E-state index in [4.69, 9.17) is 9.97 Å². The van der Waals surface area contributed by atoms with E-state index in [1.54, 1.807) is 0 Å². The summed E-state index contributed by atoms with van der Waals surface area (Å²) < 4.78 is 0. The Morgan fingerprint density at radius 1 is 0.871 bits per heavy atom. The summed E-state index contributed by atoms with van der Waals surface area (Å²) in [6.45, 7) is 7.06. The molecule has 160 valence electrons. The SMILES string of the molecule is Cc1nc(C2CCN(Cc3ccccn3)CC2)nc2c1CCCN2Cc1ccccn1.